The highest BCUT2D eigenvalue weighted by atomic mass is 19.1. The van der Waals surface area contributed by atoms with Crippen molar-refractivity contribution < 1.29 is 13.9 Å². The molecule has 0 spiro atoms. The van der Waals surface area contributed by atoms with Crippen LogP contribution in [0.5, 0.6) is 0 Å². The lowest BCUT2D eigenvalue weighted by atomic mass is 10.0. The van der Waals surface area contributed by atoms with E-state index in [0.717, 1.165) is 11.8 Å². The van der Waals surface area contributed by atoms with Crippen LogP contribution in [0, 0.1) is 17.6 Å². The zero-order valence-corrected chi connectivity index (χ0v) is 12.9. The predicted molar refractivity (Wildman–Crippen MR) is 88.7 cm³/mol. The van der Waals surface area contributed by atoms with E-state index in [0.29, 0.717) is 24.0 Å². The summed E-state index contributed by atoms with van der Waals surface area (Å²) in [6, 6.07) is 9.36. The first-order valence-electron chi connectivity index (χ1n) is 7.66. The Morgan fingerprint density at radius 2 is 1.96 bits per heavy atom. The average Bonchev–Trinajstić information content (AvgIpc) is 2.59. The third-order valence-corrected chi connectivity index (χ3v) is 3.83. The second-order valence-electron chi connectivity index (χ2n) is 5.60. The van der Waals surface area contributed by atoms with Gasteiger partial charge in [0, 0.05) is 54.3 Å². The Labute approximate surface area is 138 Å². The van der Waals surface area contributed by atoms with Gasteiger partial charge in [-0.1, -0.05) is 6.07 Å². The minimum absolute atomic E-state index is 0.0185. The predicted octanol–water partition coefficient (Wildman–Crippen LogP) is 3.17. The van der Waals surface area contributed by atoms with Gasteiger partial charge in [-0.25, -0.2) is 8.78 Å². The number of fused-ring (bicyclic) bond motifs is 1. The Bertz CT molecular complexity index is 827. The summed E-state index contributed by atoms with van der Waals surface area (Å²) in [6.07, 6.45) is 3.79. The summed E-state index contributed by atoms with van der Waals surface area (Å²) in [5, 5.41) is 13.1. The molecule has 0 amide bonds. The normalized spacial score (nSPS) is 12.3. The van der Waals surface area contributed by atoms with Gasteiger partial charge in [-0.3, -0.25) is 9.97 Å². The van der Waals surface area contributed by atoms with Crippen molar-refractivity contribution in [2.45, 2.75) is 6.42 Å². The molecule has 1 aromatic carbocycles. The highest BCUT2D eigenvalue weighted by Crippen LogP contribution is 2.25. The van der Waals surface area contributed by atoms with E-state index in [-0.39, 0.29) is 18.0 Å². The quantitative estimate of drug-likeness (QED) is 0.729. The Hall–Kier alpha value is -2.60. The lowest BCUT2D eigenvalue weighted by Gasteiger charge is -2.16. The summed E-state index contributed by atoms with van der Waals surface area (Å²) in [4.78, 5) is 8.20. The smallest absolute Gasteiger partial charge is 0.152 e. The standard InChI is InChI=1S/C18H17F2N3O/c19-13-8-15-17(4-6-22-18(15)16(20)9-13)23-10-12(11-24)7-14-3-1-2-5-21-14/h1-6,8-9,12,24H,7,10-11H2,(H,22,23). The number of nitrogens with one attached hydrogen (secondary N) is 1. The van der Waals surface area contributed by atoms with Crippen molar-refractivity contribution in [3.8, 4) is 0 Å². The van der Waals surface area contributed by atoms with E-state index in [2.05, 4.69) is 15.3 Å². The van der Waals surface area contributed by atoms with Crippen LogP contribution in [0.1, 0.15) is 5.69 Å². The first-order valence-corrected chi connectivity index (χ1v) is 7.66. The van der Waals surface area contributed by atoms with E-state index in [1.54, 1.807) is 12.3 Å². The van der Waals surface area contributed by atoms with Crippen LogP contribution in [-0.2, 0) is 6.42 Å². The Balaban J connectivity index is 1.77. The van der Waals surface area contributed by atoms with E-state index < -0.39 is 11.6 Å². The highest BCUT2D eigenvalue weighted by molar-refractivity contribution is 5.91. The maximum atomic E-state index is 13.8. The van der Waals surface area contributed by atoms with E-state index in [9.17, 15) is 13.9 Å². The molecule has 4 nitrogen and oxygen atoms in total. The molecule has 0 bridgehead atoms. The fourth-order valence-electron chi connectivity index (χ4n) is 2.60. The first kappa shape index (κ1) is 16.3. The third-order valence-electron chi connectivity index (χ3n) is 3.83. The molecule has 2 aromatic heterocycles. The van der Waals surface area contributed by atoms with Gasteiger partial charge in [0.25, 0.3) is 0 Å². The van der Waals surface area contributed by atoms with Crippen molar-refractivity contribution in [3.63, 3.8) is 0 Å². The maximum absolute atomic E-state index is 13.8. The Morgan fingerprint density at radius 3 is 2.71 bits per heavy atom. The van der Waals surface area contributed by atoms with E-state index in [4.69, 9.17) is 0 Å². The monoisotopic (exact) mass is 329 g/mol. The number of hydrogen-bond donors (Lipinski definition) is 2. The number of pyridine rings is 2. The molecule has 24 heavy (non-hydrogen) atoms. The topological polar surface area (TPSA) is 58.0 Å². The van der Waals surface area contributed by atoms with Crippen molar-refractivity contribution in [1.82, 2.24) is 9.97 Å². The maximum Gasteiger partial charge on any atom is 0.152 e. The molecule has 0 aliphatic heterocycles. The summed E-state index contributed by atoms with van der Waals surface area (Å²) >= 11 is 0. The Kier molecular flexibility index (Phi) is 4.96. The van der Waals surface area contributed by atoms with Crippen molar-refractivity contribution in [3.05, 3.63) is 66.1 Å². The van der Waals surface area contributed by atoms with Gasteiger partial charge in [0.2, 0.25) is 0 Å². The molecule has 124 valence electrons. The molecule has 3 aromatic rings. The van der Waals surface area contributed by atoms with Gasteiger partial charge in [0.15, 0.2) is 5.82 Å². The average molecular weight is 329 g/mol. The molecule has 0 saturated carbocycles. The lowest BCUT2D eigenvalue weighted by Crippen LogP contribution is -2.21. The van der Waals surface area contributed by atoms with Crippen molar-refractivity contribution >= 4 is 16.6 Å². The molecule has 1 atom stereocenters. The second kappa shape index (κ2) is 7.31. The number of rotatable bonds is 6. The van der Waals surface area contributed by atoms with Crippen LogP contribution in [0.15, 0.2) is 48.8 Å². The van der Waals surface area contributed by atoms with Crippen LogP contribution in [0.25, 0.3) is 10.9 Å². The molecule has 0 aliphatic carbocycles. The molecule has 0 aliphatic rings. The minimum atomic E-state index is -0.694. The van der Waals surface area contributed by atoms with Crippen LogP contribution in [-0.4, -0.2) is 28.2 Å². The number of aliphatic hydroxyl groups is 1. The summed E-state index contributed by atoms with van der Waals surface area (Å²) in [5.74, 6) is -1.41. The molecule has 1 unspecified atom stereocenters. The number of hydrogen-bond acceptors (Lipinski definition) is 4. The molecule has 0 saturated heterocycles. The van der Waals surface area contributed by atoms with Gasteiger partial charge in [-0.2, -0.15) is 0 Å². The number of aromatic nitrogens is 2. The van der Waals surface area contributed by atoms with Gasteiger partial charge in [-0.15, -0.1) is 0 Å². The summed E-state index contributed by atoms with van der Waals surface area (Å²) in [5.41, 5.74) is 1.58. The SMILES string of the molecule is OCC(CNc1ccnc2c(F)cc(F)cc12)Cc1ccccn1. The van der Waals surface area contributed by atoms with Gasteiger partial charge < -0.3 is 10.4 Å². The largest absolute Gasteiger partial charge is 0.396 e. The van der Waals surface area contributed by atoms with Crippen LogP contribution in [0.2, 0.25) is 0 Å². The zero-order chi connectivity index (χ0) is 16.9. The number of benzene rings is 1. The molecular formula is C18H17F2N3O. The summed E-state index contributed by atoms with van der Waals surface area (Å²) in [6.45, 7) is 0.430. The minimum Gasteiger partial charge on any atom is -0.396 e. The summed E-state index contributed by atoms with van der Waals surface area (Å²) in [7, 11) is 0. The van der Waals surface area contributed by atoms with Crippen LogP contribution in [0.3, 0.4) is 0 Å². The second-order valence-corrected chi connectivity index (χ2v) is 5.60. The van der Waals surface area contributed by atoms with Gasteiger partial charge in [-0.05, 0) is 30.7 Å². The van der Waals surface area contributed by atoms with Gasteiger partial charge in [0.1, 0.15) is 11.3 Å². The molecule has 6 heteroatoms. The third kappa shape index (κ3) is 3.65. The summed E-state index contributed by atoms with van der Waals surface area (Å²) < 4.78 is 27.3. The fraction of sp³-hybridized carbons (Fsp3) is 0.222. The van der Waals surface area contributed by atoms with Crippen LogP contribution >= 0.6 is 0 Å². The molecule has 2 heterocycles. The molecule has 3 rings (SSSR count). The molecule has 0 fully saturated rings. The zero-order valence-electron chi connectivity index (χ0n) is 12.9. The van der Waals surface area contributed by atoms with E-state index >= 15 is 0 Å². The van der Waals surface area contributed by atoms with Crippen molar-refractivity contribution in [2.24, 2.45) is 5.92 Å². The van der Waals surface area contributed by atoms with E-state index in [1.807, 2.05) is 18.2 Å². The van der Waals surface area contributed by atoms with Gasteiger partial charge >= 0.3 is 0 Å². The van der Waals surface area contributed by atoms with Crippen LogP contribution in [0.4, 0.5) is 14.5 Å². The number of halogens is 2. The molecule has 0 radical (unpaired) electrons. The number of aliphatic hydroxyl groups excluding tert-OH is 1. The highest BCUT2D eigenvalue weighted by Gasteiger charge is 2.12. The number of anilines is 1. The molecular weight excluding hydrogens is 312 g/mol. The van der Waals surface area contributed by atoms with Gasteiger partial charge in [0.05, 0.1) is 0 Å². The Morgan fingerprint density at radius 1 is 1.08 bits per heavy atom. The van der Waals surface area contributed by atoms with Crippen molar-refractivity contribution in [2.75, 3.05) is 18.5 Å². The lowest BCUT2D eigenvalue weighted by molar-refractivity contribution is 0.232. The molecule has 2 N–H and O–H groups in total. The van der Waals surface area contributed by atoms with Crippen molar-refractivity contribution in [1.29, 1.82) is 0 Å². The number of nitrogens with zero attached hydrogens (tertiary/aromatic N) is 2. The van der Waals surface area contributed by atoms with E-state index in [1.165, 1.54) is 12.3 Å². The van der Waals surface area contributed by atoms with Crippen LogP contribution < -0.4 is 5.32 Å². The first-order chi connectivity index (χ1) is 11.7. The fourth-order valence-corrected chi connectivity index (χ4v) is 2.60.